The van der Waals surface area contributed by atoms with Gasteiger partial charge >= 0.3 is 5.97 Å². The van der Waals surface area contributed by atoms with E-state index < -0.39 is 16.8 Å². The minimum atomic E-state index is -0.560. The molecule has 0 aliphatic carbocycles. The van der Waals surface area contributed by atoms with Crippen LogP contribution in [-0.4, -0.2) is 50.2 Å². The molecule has 2 aromatic carbocycles. The number of benzene rings is 2. The smallest absolute Gasteiger partial charge is 0.340 e. The molecule has 170 valence electrons. The fraction of sp³-hybridized carbons (Fsp3) is 0.217. The molecule has 0 saturated carbocycles. The SMILES string of the molecule is COC(=O)c1cc(NC(=O)c2ccc(-c3ccccc3[N+](=O)[O-])o2)ccc1N1CCOCC1. The maximum absolute atomic E-state index is 12.7. The summed E-state index contributed by atoms with van der Waals surface area (Å²) >= 11 is 0. The molecule has 10 heteroatoms. The van der Waals surface area contributed by atoms with Crippen molar-refractivity contribution in [2.24, 2.45) is 0 Å². The molecule has 4 rings (SSSR count). The predicted octanol–water partition coefficient (Wildman–Crippen LogP) is 3.73. The van der Waals surface area contributed by atoms with Crippen LogP contribution in [0.15, 0.2) is 59.0 Å². The molecule has 0 unspecified atom stereocenters. The molecule has 0 radical (unpaired) electrons. The summed E-state index contributed by atoms with van der Waals surface area (Å²) in [7, 11) is 1.30. The van der Waals surface area contributed by atoms with Crippen molar-refractivity contribution >= 4 is 28.9 Å². The van der Waals surface area contributed by atoms with Crippen LogP contribution >= 0.6 is 0 Å². The zero-order valence-corrected chi connectivity index (χ0v) is 17.8. The zero-order valence-electron chi connectivity index (χ0n) is 17.8. The van der Waals surface area contributed by atoms with Crippen molar-refractivity contribution in [1.82, 2.24) is 0 Å². The average Bonchev–Trinajstić information content (AvgIpc) is 3.34. The van der Waals surface area contributed by atoms with Crippen molar-refractivity contribution < 1.29 is 28.4 Å². The number of ether oxygens (including phenoxy) is 2. The molecule has 33 heavy (non-hydrogen) atoms. The molecule has 1 aliphatic rings. The van der Waals surface area contributed by atoms with Gasteiger partial charge in [-0.2, -0.15) is 0 Å². The molecule has 1 aliphatic heterocycles. The van der Waals surface area contributed by atoms with Gasteiger partial charge in [-0.3, -0.25) is 14.9 Å². The molecular formula is C23H21N3O7. The Labute approximate surface area is 188 Å². The van der Waals surface area contributed by atoms with Gasteiger partial charge in [0.25, 0.3) is 11.6 Å². The molecule has 1 amide bonds. The second-order valence-corrected chi connectivity index (χ2v) is 7.22. The first-order chi connectivity index (χ1) is 16.0. The number of hydrogen-bond acceptors (Lipinski definition) is 8. The van der Waals surface area contributed by atoms with Gasteiger partial charge in [-0.05, 0) is 36.4 Å². The van der Waals surface area contributed by atoms with Crippen LogP contribution in [0.3, 0.4) is 0 Å². The average molecular weight is 451 g/mol. The fourth-order valence-electron chi connectivity index (χ4n) is 3.61. The van der Waals surface area contributed by atoms with Crippen molar-refractivity contribution in [1.29, 1.82) is 0 Å². The van der Waals surface area contributed by atoms with E-state index in [0.717, 1.165) is 0 Å². The number of anilines is 2. The second kappa shape index (κ2) is 9.53. The number of amides is 1. The highest BCUT2D eigenvalue weighted by molar-refractivity contribution is 6.04. The van der Waals surface area contributed by atoms with Crippen molar-refractivity contribution in [2.45, 2.75) is 0 Å². The molecule has 1 saturated heterocycles. The van der Waals surface area contributed by atoms with Crippen LogP contribution in [0.5, 0.6) is 0 Å². The number of furan rings is 1. The minimum absolute atomic E-state index is 0.0278. The van der Waals surface area contributed by atoms with E-state index in [-0.39, 0.29) is 22.8 Å². The highest BCUT2D eigenvalue weighted by Crippen LogP contribution is 2.31. The highest BCUT2D eigenvalue weighted by Gasteiger charge is 2.22. The highest BCUT2D eigenvalue weighted by atomic mass is 16.6. The van der Waals surface area contributed by atoms with E-state index in [1.807, 2.05) is 4.90 Å². The van der Waals surface area contributed by atoms with Gasteiger partial charge in [0.1, 0.15) is 5.76 Å². The Morgan fingerprint density at radius 3 is 2.58 bits per heavy atom. The number of para-hydroxylation sites is 1. The number of hydrogen-bond donors (Lipinski definition) is 1. The Bertz CT molecular complexity index is 1200. The molecule has 1 N–H and O–H groups in total. The Morgan fingerprint density at radius 2 is 1.85 bits per heavy atom. The standard InChI is InChI=1S/C23H21N3O7/c1-31-23(28)17-14-15(6-7-18(17)25-10-12-32-13-11-25)24-22(27)21-9-8-20(33-21)16-4-2-3-5-19(16)26(29)30/h2-9,14H,10-13H2,1H3,(H,24,27). The number of nitro benzene ring substituents is 1. The minimum Gasteiger partial charge on any atom is -0.465 e. The molecule has 0 bridgehead atoms. The molecule has 1 fully saturated rings. The maximum Gasteiger partial charge on any atom is 0.340 e. The van der Waals surface area contributed by atoms with Crippen LogP contribution in [0.25, 0.3) is 11.3 Å². The number of nitrogens with one attached hydrogen (secondary N) is 1. The van der Waals surface area contributed by atoms with Gasteiger partial charge in [-0.25, -0.2) is 4.79 Å². The molecule has 3 aromatic rings. The van der Waals surface area contributed by atoms with Gasteiger partial charge in [0.05, 0.1) is 42.1 Å². The lowest BCUT2D eigenvalue weighted by atomic mass is 10.1. The van der Waals surface area contributed by atoms with Crippen molar-refractivity contribution in [2.75, 3.05) is 43.6 Å². The van der Waals surface area contributed by atoms with Crippen LogP contribution in [0.4, 0.5) is 17.1 Å². The Balaban J connectivity index is 1.57. The quantitative estimate of drug-likeness (QED) is 0.342. The lowest BCUT2D eigenvalue weighted by Crippen LogP contribution is -2.37. The van der Waals surface area contributed by atoms with Gasteiger partial charge in [-0.15, -0.1) is 0 Å². The number of nitro groups is 1. The monoisotopic (exact) mass is 451 g/mol. The van der Waals surface area contributed by atoms with Crippen LogP contribution < -0.4 is 10.2 Å². The Hall–Kier alpha value is -4.18. The molecule has 0 atom stereocenters. The van der Waals surface area contributed by atoms with Crippen LogP contribution in [0.1, 0.15) is 20.9 Å². The lowest BCUT2D eigenvalue weighted by molar-refractivity contribution is -0.384. The first kappa shape index (κ1) is 22.0. The number of rotatable bonds is 6. The summed E-state index contributed by atoms with van der Waals surface area (Å²) in [5.41, 5.74) is 1.53. The molecule has 1 aromatic heterocycles. The van der Waals surface area contributed by atoms with Crippen LogP contribution in [0.2, 0.25) is 0 Å². The lowest BCUT2D eigenvalue weighted by Gasteiger charge is -2.30. The molecule has 10 nitrogen and oxygen atoms in total. The van der Waals surface area contributed by atoms with Crippen LogP contribution in [0, 0.1) is 10.1 Å². The molecule has 0 spiro atoms. The van der Waals surface area contributed by atoms with E-state index in [1.54, 1.807) is 36.4 Å². The first-order valence-corrected chi connectivity index (χ1v) is 10.2. The summed E-state index contributed by atoms with van der Waals surface area (Å²) in [5, 5.41) is 14.0. The number of carbonyl (C=O) groups is 2. The number of esters is 1. The number of nitrogens with zero attached hydrogens (tertiary/aromatic N) is 2. The van der Waals surface area contributed by atoms with Gasteiger partial charge in [0, 0.05) is 24.8 Å². The summed E-state index contributed by atoms with van der Waals surface area (Å²) in [6.45, 7) is 2.38. The van der Waals surface area contributed by atoms with E-state index in [9.17, 15) is 19.7 Å². The van der Waals surface area contributed by atoms with Crippen LogP contribution in [-0.2, 0) is 9.47 Å². The fourth-order valence-corrected chi connectivity index (χ4v) is 3.61. The van der Waals surface area contributed by atoms with E-state index >= 15 is 0 Å². The van der Waals surface area contributed by atoms with Gasteiger partial charge < -0.3 is 24.1 Å². The zero-order chi connectivity index (χ0) is 23.4. The van der Waals surface area contributed by atoms with E-state index in [1.165, 1.54) is 25.3 Å². The molecular weight excluding hydrogens is 430 g/mol. The summed E-state index contributed by atoms with van der Waals surface area (Å²) < 4.78 is 15.9. The van der Waals surface area contributed by atoms with E-state index in [4.69, 9.17) is 13.9 Å². The van der Waals surface area contributed by atoms with Gasteiger partial charge in [-0.1, -0.05) is 12.1 Å². The third-order valence-corrected chi connectivity index (χ3v) is 5.21. The Kier molecular flexibility index (Phi) is 6.36. The maximum atomic E-state index is 12.7. The summed E-state index contributed by atoms with van der Waals surface area (Å²) in [5.74, 6) is -0.913. The van der Waals surface area contributed by atoms with Gasteiger partial charge in [0.15, 0.2) is 5.76 Å². The van der Waals surface area contributed by atoms with Crippen molar-refractivity contribution in [3.63, 3.8) is 0 Å². The second-order valence-electron chi connectivity index (χ2n) is 7.22. The largest absolute Gasteiger partial charge is 0.465 e. The normalized spacial score (nSPS) is 13.4. The summed E-state index contributed by atoms with van der Waals surface area (Å²) in [6.07, 6.45) is 0. The predicted molar refractivity (Wildman–Crippen MR) is 120 cm³/mol. The van der Waals surface area contributed by atoms with E-state index in [2.05, 4.69) is 5.32 Å². The van der Waals surface area contributed by atoms with Crippen molar-refractivity contribution in [3.8, 4) is 11.3 Å². The van der Waals surface area contributed by atoms with E-state index in [0.29, 0.717) is 43.2 Å². The Morgan fingerprint density at radius 1 is 1.09 bits per heavy atom. The molecule has 2 heterocycles. The number of morpholine rings is 1. The third kappa shape index (κ3) is 4.70. The number of carbonyl (C=O) groups excluding carboxylic acids is 2. The summed E-state index contributed by atoms with van der Waals surface area (Å²) in [6, 6.07) is 14.0. The van der Waals surface area contributed by atoms with Crippen molar-refractivity contribution in [3.05, 3.63) is 76.0 Å². The summed E-state index contributed by atoms with van der Waals surface area (Å²) in [4.78, 5) is 37.9. The first-order valence-electron chi connectivity index (χ1n) is 10.2. The number of methoxy groups -OCH3 is 1. The topological polar surface area (TPSA) is 124 Å². The third-order valence-electron chi connectivity index (χ3n) is 5.21. The van der Waals surface area contributed by atoms with Gasteiger partial charge in [0.2, 0.25) is 0 Å².